The van der Waals surface area contributed by atoms with Gasteiger partial charge in [-0.15, -0.1) is 0 Å². The van der Waals surface area contributed by atoms with Crippen molar-refractivity contribution in [3.8, 4) is 0 Å². The maximum Gasteiger partial charge on any atom is 0.331 e. The van der Waals surface area contributed by atoms with E-state index in [1.165, 1.54) is 13.2 Å². The SMILES string of the molecule is COC(=O)/C=C/Nc1c(C)cccc1C. The number of carbonyl (C=O) groups excluding carboxylic acids is 1. The van der Waals surface area contributed by atoms with Gasteiger partial charge < -0.3 is 10.1 Å². The highest BCUT2D eigenvalue weighted by Crippen LogP contribution is 2.18. The molecule has 0 aliphatic carbocycles. The molecule has 80 valence electrons. The molecule has 0 heterocycles. The minimum absolute atomic E-state index is 0.367. The lowest BCUT2D eigenvalue weighted by atomic mass is 10.1. The normalized spacial score (nSPS) is 10.3. The molecule has 0 aliphatic heterocycles. The number of rotatable bonds is 3. The fourth-order valence-corrected chi connectivity index (χ4v) is 1.30. The summed E-state index contributed by atoms with van der Waals surface area (Å²) in [6.45, 7) is 4.03. The summed E-state index contributed by atoms with van der Waals surface area (Å²) in [5.41, 5.74) is 3.31. The highest BCUT2D eigenvalue weighted by Gasteiger charge is 1.98. The minimum atomic E-state index is -0.367. The number of esters is 1. The van der Waals surface area contributed by atoms with Crippen LogP contribution in [0.25, 0.3) is 0 Å². The molecule has 0 unspecified atom stereocenters. The Bertz CT molecular complexity index is 363. The van der Waals surface area contributed by atoms with Crippen LogP contribution >= 0.6 is 0 Å². The summed E-state index contributed by atoms with van der Waals surface area (Å²) in [4.78, 5) is 10.8. The Labute approximate surface area is 89.8 Å². The second kappa shape index (κ2) is 5.20. The minimum Gasteiger partial charge on any atom is -0.466 e. The topological polar surface area (TPSA) is 38.3 Å². The summed E-state index contributed by atoms with van der Waals surface area (Å²) in [6, 6.07) is 6.03. The Morgan fingerprint density at radius 2 is 1.93 bits per heavy atom. The molecule has 1 aromatic carbocycles. The van der Waals surface area contributed by atoms with E-state index in [-0.39, 0.29) is 5.97 Å². The predicted molar refractivity (Wildman–Crippen MR) is 60.7 cm³/mol. The zero-order valence-electron chi connectivity index (χ0n) is 9.20. The zero-order valence-corrected chi connectivity index (χ0v) is 9.20. The third-order valence-corrected chi connectivity index (χ3v) is 2.13. The number of benzene rings is 1. The van der Waals surface area contributed by atoms with Crippen LogP contribution in [-0.2, 0) is 9.53 Å². The number of hydrogen-bond donors (Lipinski definition) is 1. The lowest BCUT2D eigenvalue weighted by Gasteiger charge is -2.08. The summed E-state index contributed by atoms with van der Waals surface area (Å²) in [5.74, 6) is -0.367. The van der Waals surface area contributed by atoms with Crippen LogP contribution in [0.5, 0.6) is 0 Å². The molecule has 0 saturated heterocycles. The van der Waals surface area contributed by atoms with Crippen LogP contribution in [0.3, 0.4) is 0 Å². The molecule has 0 radical (unpaired) electrons. The van der Waals surface area contributed by atoms with Gasteiger partial charge in [-0.25, -0.2) is 4.79 Å². The van der Waals surface area contributed by atoms with Crippen LogP contribution < -0.4 is 5.32 Å². The molecule has 0 bridgehead atoms. The average molecular weight is 205 g/mol. The number of ether oxygens (including phenoxy) is 1. The van der Waals surface area contributed by atoms with E-state index < -0.39 is 0 Å². The molecular weight excluding hydrogens is 190 g/mol. The smallest absolute Gasteiger partial charge is 0.331 e. The van der Waals surface area contributed by atoms with Crippen molar-refractivity contribution in [2.45, 2.75) is 13.8 Å². The van der Waals surface area contributed by atoms with E-state index in [1.807, 2.05) is 32.0 Å². The molecular formula is C12H15NO2. The van der Waals surface area contributed by atoms with Crippen molar-refractivity contribution >= 4 is 11.7 Å². The van der Waals surface area contributed by atoms with Gasteiger partial charge in [-0.1, -0.05) is 18.2 Å². The Kier molecular flexibility index (Phi) is 3.92. The van der Waals surface area contributed by atoms with Gasteiger partial charge in [-0.3, -0.25) is 0 Å². The number of para-hydroxylation sites is 1. The van der Waals surface area contributed by atoms with Gasteiger partial charge in [0.2, 0.25) is 0 Å². The van der Waals surface area contributed by atoms with Crippen molar-refractivity contribution in [3.63, 3.8) is 0 Å². The molecule has 0 fully saturated rings. The summed E-state index contributed by atoms with van der Waals surface area (Å²) in [5, 5.41) is 3.07. The molecule has 1 rings (SSSR count). The zero-order chi connectivity index (χ0) is 11.3. The number of hydrogen-bond acceptors (Lipinski definition) is 3. The Balaban J connectivity index is 2.73. The molecule has 0 saturated carbocycles. The largest absolute Gasteiger partial charge is 0.466 e. The summed E-state index contributed by atoms with van der Waals surface area (Å²) in [6.07, 6.45) is 2.94. The van der Waals surface area contributed by atoms with Gasteiger partial charge >= 0.3 is 5.97 Å². The molecule has 0 atom stereocenters. The lowest BCUT2D eigenvalue weighted by molar-refractivity contribution is -0.134. The maximum atomic E-state index is 10.8. The van der Waals surface area contributed by atoms with Gasteiger partial charge in [-0.05, 0) is 25.0 Å². The third kappa shape index (κ3) is 3.13. The van der Waals surface area contributed by atoms with Gasteiger partial charge in [0.05, 0.1) is 7.11 Å². The quantitative estimate of drug-likeness (QED) is 0.608. The molecule has 1 N–H and O–H groups in total. The molecule has 0 aliphatic rings. The van der Waals surface area contributed by atoms with Gasteiger partial charge in [0.1, 0.15) is 0 Å². The van der Waals surface area contributed by atoms with E-state index in [0.29, 0.717) is 0 Å². The highest BCUT2D eigenvalue weighted by molar-refractivity contribution is 5.82. The Morgan fingerprint density at radius 3 is 2.47 bits per heavy atom. The van der Waals surface area contributed by atoms with Crippen LogP contribution in [0.4, 0.5) is 5.69 Å². The van der Waals surface area contributed by atoms with Crippen molar-refractivity contribution in [1.82, 2.24) is 0 Å². The van der Waals surface area contributed by atoms with Crippen molar-refractivity contribution in [1.29, 1.82) is 0 Å². The predicted octanol–water partition coefficient (Wildman–Crippen LogP) is 2.40. The number of anilines is 1. The van der Waals surface area contributed by atoms with Crippen molar-refractivity contribution in [2.24, 2.45) is 0 Å². The van der Waals surface area contributed by atoms with Crippen LogP contribution in [0.15, 0.2) is 30.5 Å². The third-order valence-electron chi connectivity index (χ3n) is 2.13. The average Bonchev–Trinajstić information content (AvgIpc) is 2.22. The summed E-state index contributed by atoms with van der Waals surface area (Å²) < 4.78 is 4.48. The van der Waals surface area contributed by atoms with E-state index in [9.17, 15) is 4.79 Å². The van der Waals surface area contributed by atoms with E-state index in [4.69, 9.17) is 0 Å². The Morgan fingerprint density at radius 1 is 1.33 bits per heavy atom. The van der Waals surface area contributed by atoms with Gasteiger partial charge in [0.15, 0.2) is 0 Å². The Hall–Kier alpha value is -1.77. The number of aryl methyl sites for hydroxylation is 2. The molecule has 1 aromatic rings. The van der Waals surface area contributed by atoms with E-state index in [1.54, 1.807) is 6.20 Å². The van der Waals surface area contributed by atoms with Crippen LogP contribution in [-0.4, -0.2) is 13.1 Å². The van der Waals surface area contributed by atoms with Crippen molar-refractivity contribution in [2.75, 3.05) is 12.4 Å². The first kappa shape index (κ1) is 11.3. The van der Waals surface area contributed by atoms with Gasteiger partial charge in [0.25, 0.3) is 0 Å². The van der Waals surface area contributed by atoms with E-state index >= 15 is 0 Å². The lowest BCUT2D eigenvalue weighted by Crippen LogP contribution is -1.98. The highest BCUT2D eigenvalue weighted by atomic mass is 16.5. The van der Waals surface area contributed by atoms with Gasteiger partial charge in [-0.2, -0.15) is 0 Å². The van der Waals surface area contributed by atoms with E-state index in [0.717, 1.165) is 16.8 Å². The second-order valence-electron chi connectivity index (χ2n) is 3.27. The maximum absolute atomic E-state index is 10.8. The first-order valence-electron chi connectivity index (χ1n) is 4.72. The molecule has 0 spiro atoms. The number of nitrogens with one attached hydrogen (secondary N) is 1. The van der Waals surface area contributed by atoms with Crippen molar-refractivity contribution in [3.05, 3.63) is 41.6 Å². The number of methoxy groups -OCH3 is 1. The second-order valence-corrected chi connectivity index (χ2v) is 3.27. The summed E-state index contributed by atoms with van der Waals surface area (Å²) in [7, 11) is 1.35. The number of carbonyl (C=O) groups is 1. The monoisotopic (exact) mass is 205 g/mol. The fraction of sp³-hybridized carbons (Fsp3) is 0.250. The van der Waals surface area contributed by atoms with Crippen LogP contribution in [0.2, 0.25) is 0 Å². The van der Waals surface area contributed by atoms with Gasteiger partial charge in [0, 0.05) is 18.0 Å². The van der Waals surface area contributed by atoms with Crippen LogP contribution in [0.1, 0.15) is 11.1 Å². The van der Waals surface area contributed by atoms with Crippen molar-refractivity contribution < 1.29 is 9.53 Å². The molecule has 0 amide bonds. The van der Waals surface area contributed by atoms with E-state index in [2.05, 4.69) is 10.1 Å². The molecule has 3 nitrogen and oxygen atoms in total. The molecule has 15 heavy (non-hydrogen) atoms. The fourth-order valence-electron chi connectivity index (χ4n) is 1.30. The first-order valence-corrected chi connectivity index (χ1v) is 4.72. The molecule has 3 heteroatoms. The summed E-state index contributed by atoms with van der Waals surface area (Å²) >= 11 is 0. The first-order chi connectivity index (χ1) is 7.15. The van der Waals surface area contributed by atoms with Crippen LogP contribution in [0, 0.1) is 13.8 Å². The molecule has 0 aromatic heterocycles. The standard InChI is InChI=1S/C12H15NO2/c1-9-5-4-6-10(2)12(9)13-8-7-11(14)15-3/h4-8,13H,1-3H3/b8-7+.